The minimum absolute atomic E-state index is 0.0712. The normalized spacial score (nSPS) is 12.5. The average molecular weight is 291 g/mol. The summed E-state index contributed by atoms with van der Waals surface area (Å²) in [6, 6.07) is 3.95. The predicted molar refractivity (Wildman–Crippen MR) is 67.4 cm³/mol. The number of halogens is 1. The monoisotopic (exact) mass is 290 g/mol. The van der Waals surface area contributed by atoms with Crippen molar-refractivity contribution in [3.8, 4) is 0 Å². The number of hydrogen-bond acceptors (Lipinski definition) is 3. The molecule has 1 aromatic heterocycles. The third kappa shape index (κ3) is 3.93. The lowest BCUT2D eigenvalue weighted by molar-refractivity contribution is -0.122. The van der Waals surface area contributed by atoms with Crippen LogP contribution in [-0.2, 0) is 4.79 Å². The first-order chi connectivity index (χ1) is 7.15. The topological polar surface area (TPSA) is 41.1 Å². The molecular weight excluding hydrogens is 276 g/mol. The molecule has 0 radical (unpaired) electrons. The van der Waals surface area contributed by atoms with Crippen LogP contribution in [0.5, 0.6) is 0 Å². The smallest absolute Gasteiger partial charge is 0.228 e. The average Bonchev–Trinajstić information content (AvgIpc) is 2.64. The maximum atomic E-state index is 11.7. The van der Waals surface area contributed by atoms with Crippen LogP contribution in [0.4, 0.5) is 0 Å². The molecule has 1 unspecified atom stereocenters. The maximum absolute atomic E-state index is 11.7. The predicted octanol–water partition coefficient (Wildman–Crippen LogP) is 1.95. The maximum Gasteiger partial charge on any atom is 0.228 e. The molecule has 0 aromatic carbocycles. The lowest BCUT2D eigenvalue weighted by Crippen LogP contribution is -2.33. The molecule has 84 valence electrons. The van der Waals surface area contributed by atoms with Gasteiger partial charge in [0.15, 0.2) is 0 Å². The third-order valence-corrected chi connectivity index (χ3v) is 3.89. The third-order valence-electron chi connectivity index (χ3n) is 2.09. The number of carbonyl (C=O) groups excluding carboxylic acids is 1. The van der Waals surface area contributed by atoms with Crippen LogP contribution in [0.25, 0.3) is 0 Å². The molecule has 2 N–H and O–H groups in total. The molecule has 1 atom stereocenters. The van der Waals surface area contributed by atoms with Gasteiger partial charge in [0.05, 0.1) is 9.70 Å². The van der Waals surface area contributed by atoms with Crippen LogP contribution >= 0.6 is 27.3 Å². The Bertz CT molecular complexity index is 327. The van der Waals surface area contributed by atoms with Crippen LogP contribution in [-0.4, -0.2) is 26.0 Å². The number of hydrogen-bond donors (Lipinski definition) is 2. The summed E-state index contributed by atoms with van der Waals surface area (Å²) in [4.78, 5) is 12.8. The van der Waals surface area contributed by atoms with Crippen molar-refractivity contribution in [3.63, 3.8) is 0 Å². The van der Waals surface area contributed by atoms with Crippen LogP contribution < -0.4 is 10.6 Å². The van der Waals surface area contributed by atoms with Gasteiger partial charge in [0.25, 0.3) is 0 Å². The van der Waals surface area contributed by atoms with E-state index in [2.05, 4.69) is 26.6 Å². The van der Waals surface area contributed by atoms with E-state index in [9.17, 15) is 4.79 Å². The molecule has 0 aliphatic rings. The Hall–Kier alpha value is -0.390. The molecule has 0 aliphatic heterocycles. The summed E-state index contributed by atoms with van der Waals surface area (Å²) in [6.45, 7) is 3.39. The molecule has 1 heterocycles. The van der Waals surface area contributed by atoms with E-state index in [0.29, 0.717) is 6.54 Å². The van der Waals surface area contributed by atoms with Gasteiger partial charge in [-0.05, 0) is 42.0 Å². The standard InChI is InChI=1S/C10H15BrN2OS/c1-7(8-3-4-9(11)15-8)10(14)13-6-5-12-2/h3-4,7,12H,5-6H2,1-2H3,(H,13,14). The summed E-state index contributed by atoms with van der Waals surface area (Å²) in [5.74, 6) is 0.0118. The Balaban J connectivity index is 2.46. The first-order valence-electron chi connectivity index (χ1n) is 4.82. The van der Waals surface area contributed by atoms with Gasteiger partial charge in [-0.1, -0.05) is 0 Å². The molecule has 1 rings (SSSR count). The number of rotatable bonds is 5. The van der Waals surface area contributed by atoms with Gasteiger partial charge in [0.2, 0.25) is 5.91 Å². The quantitative estimate of drug-likeness (QED) is 0.814. The van der Waals surface area contributed by atoms with E-state index in [-0.39, 0.29) is 11.8 Å². The summed E-state index contributed by atoms with van der Waals surface area (Å²) in [6.07, 6.45) is 0. The summed E-state index contributed by atoms with van der Waals surface area (Å²) in [7, 11) is 1.87. The summed E-state index contributed by atoms with van der Waals surface area (Å²) >= 11 is 4.99. The summed E-state index contributed by atoms with van der Waals surface area (Å²) < 4.78 is 1.06. The Morgan fingerprint density at radius 3 is 2.80 bits per heavy atom. The van der Waals surface area contributed by atoms with Gasteiger partial charge in [-0.15, -0.1) is 11.3 Å². The molecule has 0 fully saturated rings. The highest BCUT2D eigenvalue weighted by atomic mass is 79.9. The van der Waals surface area contributed by atoms with Gasteiger partial charge in [0, 0.05) is 18.0 Å². The minimum Gasteiger partial charge on any atom is -0.354 e. The number of amides is 1. The summed E-state index contributed by atoms with van der Waals surface area (Å²) in [5, 5.41) is 5.87. The fraction of sp³-hybridized carbons (Fsp3) is 0.500. The Labute approximate surface area is 102 Å². The van der Waals surface area contributed by atoms with E-state index in [1.54, 1.807) is 11.3 Å². The van der Waals surface area contributed by atoms with Gasteiger partial charge < -0.3 is 10.6 Å². The van der Waals surface area contributed by atoms with Crippen LogP contribution in [0.3, 0.4) is 0 Å². The van der Waals surface area contributed by atoms with E-state index < -0.39 is 0 Å². The molecular formula is C10H15BrN2OS. The highest BCUT2D eigenvalue weighted by molar-refractivity contribution is 9.11. The second-order valence-electron chi connectivity index (χ2n) is 3.26. The Morgan fingerprint density at radius 1 is 1.53 bits per heavy atom. The van der Waals surface area contributed by atoms with Crippen LogP contribution in [0, 0.1) is 0 Å². The van der Waals surface area contributed by atoms with E-state index in [4.69, 9.17) is 0 Å². The Morgan fingerprint density at radius 2 is 2.27 bits per heavy atom. The van der Waals surface area contributed by atoms with Crippen LogP contribution in [0.15, 0.2) is 15.9 Å². The SMILES string of the molecule is CNCCNC(=O)C(C)c1ccc(Br)s1. The van der Waals surface area contributed by atoms with Gasteiger partial charge >= 0.3 is 0 Å². The van der Waals surface area contributed by atoms with Gasteiger partial charge in [-0.3, -0.25) is 4.79 Å². The Kier molecular flexibility index (Phi) is 5.28. The van der Waals surface area contributed by atoms with Crippen molar-refractivity contribution in [2.75, 3.05) is 20.1 Å². The fourth-order valence-corrected chi connectivity index (χ4v) is 2.63. The van der Waals surface area contributed by atoms with E-state index >= 15 is 0 Å². The molecule has 1 aromatic rings. The highest BCUT2D eigenvalue weighted by Gasteiger charge is 2.16. The molecule has 0 bridgehead atoms. The van der Waals surface area contributed by atoms with Crippen molar-refractivity contribution >= 4 is 33.2 Å². The first-order valence-corrected chi connectivity index (χ1v) is 6.43. The lowest BCUT2D eigenvalue weighted by Gasteiger charge is -2.10. The zero-order valence-electron chi connectivity index (χ0n) is 8.84. The van der Waals surface area contributed by atoms with Gasteiger partial charge in [-0.25, -0.2) is 0 Å². The molecule has 5 heteroatoms. The highest BCUT2D eigenvalue weighted by Crippen LogP contribution is 2.28. The number of nitrogens with one attached hydrogen (secondary N) is 2. The van der Waals surface area contributed by atoms with Crippen molar-refractivity contribution < 1.29 is 4.79 Å². The van der Waals surface area contributed by atoms with Crippen molar-refractivity contribution in [2.45, 2.75) is 12.8 Å². The molecule has 15 heavy (non-hydrogen) atoms. The fourth-order valence-electron chi connectivity index (χ4n) is 1.15. The van der Waals surface area contributed by atoms with Crippen molar-refractivity contribution in [2.24, 2.45) is 0 Å². The van der Waals surface area contributed by atoms with E-state index in [1.165, 1.54) is 0 Å². The second-order valence-corrected chi connectivity index (χ2v) is 5.75. The second kappa shape index (κ2) is 6.25. The van der Waals surface area contributed by atoms with Crippen LogP contribution in [0.2, 0.25) is 0 Å². The van der Waals surface area contributed by atoms with E-state index in [0.717, 1.165) is 15.2 Å². The first kappa shape index (κ1) is 12.7. The van der Waals surface area contributed by atoms with Crippen molar-refractivity contribution in [1.29, 1.82) is 0 Å². The molecule has 0 aliphatic carbocycles. The number of thiophene rings is 1. The zero-order chi connectivity index (χ0) is 11.3. The van der Waals surface area contributed by atoms with Crippen LogP contribution in [0.1, 0.15) is 17.7 Å². The minimum atomic E-state index is -0.0712. The molecule has 1 amide bonds. The van der Waals surface area contributed by atoms with Crippen molar-refractivity contribution in [3.05, 3.63) is 20.8 Å². The van der Waals surface area contributed by atoms with Gasteiger partial charge in [0.1, 0.15) is 0 Å². The van der Waals surface area contributed by atoms with E-state index in [1.807, 2.05) is 26.1 Å². The molecule has 3 nitrogen and oxygen atoms in total. The summed E-state index contributed by atoms with van der Waals surface area (Å²) in [5.41, 5.74) is 0. The number of likely N-dealkylation sites (N-methyl/N-ethyl adjacent to an activating group) is 1. The molecule has 0 saturated heterocycles. The largest absolute Gasteiger partial charge is 0.354 e. The lowest BCUT2D eigenvalue weighted by atomic mass is 10.1. The molecule has 0 saturated carbocycles. The molecule has 0 spiro atoms. The number of carbonyl (C=O) groups is 1. The zero-order valence-corrected chi connectivity index (χ0v) is 11.2. The van der Waals surface area contributed by atoms with Crippen molar-refractivity contribution in [1.82, 2.24) is 10.6 Å². The van der Waals surface area contributed by atoms with Gasteiger partial charge in [-0.2, -0.15) is 0 Å².